The second-order valence-electron chi connectivity index (χ2n) is 5.49. The van der Waals surface area contributed by atoms with E-state index in [1.807, 2.05) is 6.92 Å². The van der Waals surface area contributed by atoms with E-state index in [2.05, 4.69) is 25.0 Å². The van der Waals surface area contributed by atoms with Crippen molar-refractivity contribution in [2.75, 3.05) is 6.54 Å². The lowest BCUT2D eigenvalue weighted by molar-refractivity contribution is 0.0987. The minimum Gasteiger partial charge on any atom is -0.363 e. The molecule has 122 valence electrons. The van der Waals surface area contributed by atoms with Gasteiger partial charge in [-0.2, -0.15) is 4.98 Å². The summed E-state index contributed by atoms with van der Waals surface area (Å²) >= 11 is 0. The molecule has 9 heteroatoms. The number of amides is 1. The van der Waals surface area contributed by atoms with E-state index in [1.165, 1.54) is 6.07 Å². The van der Waals surface area contributed by atoms with Crippen molar-refractivity contribution in [2.45, 2.75) is 38.8 Å². The highest BCUT2D eigenvalue weighted by Gasteiger charge is 2.31. The minimum atomic E-state index is -0.716. The van der Waals surface area contributed by atoms with Gasteiger partial charge in [0, 0.05) is 11.8 Å². The molecular formula is C14H18N6O3. The van der Waals surface area contributed by atoms with E-state index in [9.17, 15) is 9.59 Å². The fourth-order valence-electron chi connectivity index (χ4n) is 2.78. The molecule has 23 heavy (non-hydrogen) atoms. The van der Waals surface area contributed by atoms with Crippen LogP contribution in [-0.2, 0) is 13.0 Å². The number of hydrogen-bond acceptors (Lipinski definition) is 7. The van der Waals surface area contributed by atoms with Gasteiger partial charge < -0.3 is 15.2 Å². The van der Waals surface area contributed by atoms with E-state index in [4.69, 9.17) is 10.3 Å². The van der Waals surface area contributed by atoms with E-state index >= 15 is 0 Å². The summed E-state index contributed by atoms with van der Waals surface area (Å²) in [6, 6.07) is 1.40. The number of carbonyl (C=O) groups excluding carboxylic acids is 1. The SMILES string of the molecule is CCc1cc(=O)[nH]c(CN2CCCC2c2nc(C(N)=O)no2)n1. The smallest absolute Gasteiger partial charge is 0.290 e. The van der Waals surface area contributed by atoms with Crippen molar-refractivity contribution in [2.24, 2.45) is 5.73 Å². The van der Waals surface area contributed by atoms with Gasteiger partial charge in [-0.3, -0.25) is 14.5 Å². The molecule has 1 aliphatic heterocycles. The molecule has 2 aromatic heterocycles. The molecule has 0 aromatic carbocycles. The molecule has 0 bridgehead atoms. The van der Waals surface area contributed by atoms with Crippen LogP contribution in [0, 0.1) is 0 Å². The van der Waals surface area contributed by atoms with Gasteiger partial charge in [-0.05, 0) is 25.8 Å². The zero-order valence-electron chi connectivity index (χ0n) is 12.8. The van der Waals surface area contributed by atoms with Crippen LogP contribution in [0.4, 0.5) is 0 Å². The molecule has 0 aliphatic carbocycles. The Hall–Kier alpha value is -2.55. The van der Waals surface area contributed by atoms with Crippen LogP contribution in [0.25, 0.3) is 0 Å². The summed E-state index contributed by atoms with van der Waals surface area (Å²) in [5, 5.41) is 3.58. The van der Waals surface area contributed by atoms with Gasteiger partial charge in [-0.1, -0.05) is 12.1 Å². The Morgan fingerprint density at radius 3 is 3.04 bits per heavy atom. The van der Waals surface area contributed by atoms with Crippen molar-refractivity contribution in [3.05, 3.63) is 39.7 Å². The molecule has 1 fully saturated rings. The second-order valence-corrected chi connectivity index (χ2v) is 5.49. The van der Waals surface area contributed by atoms with Crippen molar-refractivity contribution in [3.63, 3.8) is 0 Å². The number of hydrogen-bond donors (Lipinski definition) is 2. The van der Waals surface area contributed by atoms with Crippen LogP contribution >= 0.6 is 0 Å². The summed E-state index contributed by atoms with van der Waals surface area (Å²) in [5.74, 6) is 0.138. The first-order chi connectivity index (χ1) is 11.1. The van der Waals surface area contributed by atoms with Crippen LogP contribution < -0.4 is 11.3 Å². The lowest BCUT2D eigenvalue weighted by Gasteiger charge is -2.20. The highest BCUT2D eigenvalue weighted by Crippen LogP contribution is 2.31. The molecule has 3 N–H and O–H groups in total. The van der Waals surface area contributed by atoms with Crippen LogP contribution in [0.5, 0.6) is 0 Å². The molecular weight excluding hydrogens is 300 g/mol. The van der Waals surface area contributed by atoms with Gasteiger partial charge in [0.25, 0.3) is 17.3 Å². The Kier molecular flexibility index (Phi) is 4.20. The minimum absolute atomic E-state index is 0.105. The van der Waals surface area contributed by atoms with Crippen LogP contribution in [0.3, 0.4) is 0 Å². The summed E-state index contributed by atoms with van der Waals surface area (Å²) in [4.78, 5) is 36.1. The first-order valence-electron chi connectivity index (χ1n) is 7.53. The topological polar surface area (TPSA) is 131 Å². The van der Waals surface area contributed by atoms with Gasteiger partial charge in [0.05, 0.1) is 12.6 Å². The molecule has 1 atom stereocenters. The standard InChI is InChI=1S/C14H18N6O3/c1-2-8-6-11(21)17-10(16-8)7-20-5-3-4-9(20)14-18-13(12(15)22)19-23-14/h6,9H,2-5,7H2,1H3,(H2,15,22)(H,16,17,21). The molecule has 1 aliphatic rings. The van der Waals surface area contributed by atoms with E-state index in [-0.39, 0.29) is 17.4 Å². The number of rotatable bonds is 5. The Balaban J connectivity index is 1.80. The number of nitrogens with zero attached hydrogens (tertiary/aromatic N) is 4. The van der Waals surface area contributed by atoms with E-state index in [0.29, 0.717) is 24.7 Å². The average molecular weight is 318 g/mol. The summed E-state index contributed by atoms with van der Waals surface area (Å²) < 4.78 is 5.15. The molecule has 2 aromatic rings. The third-order valence-corrected chi connectivity index (χ3v) is 3.87. The van der Waals surface area contributed by atoms with Crippen LogP contribution in [0.15, 0.2) is 15.4 Å². The highest BCUT2D eigenvalue weighted by atomic mass is 16.5. The summed E-state index contributed by atoms with van der Waals surface area (Å²) in [7, 11) is 0. The van der Waals surface area contributed by atoms with Gasteiger partial charge in [0.15, 0.2) is 0 Å². The molecule has 3 heterocycles. The third-order valence-electron chi connectivity index (χ3n) is 3.87. The number of H-pyrrole nitrogens is 1. The fourth-order valence-corrected chi connectivity index (χ4v) is 2.78. The maximum atomic E-state index is 11.7. The maximum Gasteiger partial charge on any atom is 0.290 e. The monoisotopic (exact) mass is 318 g/mol. The summed E-state index contributed by atoms with van der Waals surface area (Å²) in [6.45, 7) is 3.25. The quantitative estimate of drug-likeness (QED) is 0.802. The Morgan fingerprint density at radius 1 is 1.52 bits per heavy atom. The van der Waals surface area contributed by atoms with E-state index in [0.717, 1.165) is 25.1 Å². The molecule has 1 amide bonds. The maximum absolute atomic E-state index is 11.7. The first-order valence-corrected chi connectivity index (χ1v) is 7.53. The van der Waals surface area contributed by atoms with Crippen molar-refractivity contribution in [1.82, 2.24) is 25.0 Å². The Labute approximate surface area is 131 Å². The second kappa shape index (κ2) is 6.29. The zero-order chi connectivity index (χ0) is 16.4. The van der Waals surface area contributed by atoms with Gasteiger partial charge in [0.2, 0.25) is 5.89 Å². The van der Waals surface area contributed by atoms with Crippen molar-refractivity contribution in [3.8, 4) is 0 Å². The van der Waals surface area contributed by atoms with Crippen LogP contribution in [0.1, 0.15) is 53.8 Å². The number of aromatic amines is 1. The summed E-state index contributed by atoms with van der Waals surface area (Å²) in [6.07, 6.45) is 2.49. The lowest BCUT2D eigenvalue weighted by atomic mass is 10.2. The molecule has 0 spiro atoms. The van der Waals surface area contributed by atoms with Gasteiger partial charge in [-0.15, -0.1) is 0 Å². The van der Waals surface area contributed by atoms with Crippen molar-refractivity contribution < 1.29 is 9.32 Å². The lowest BCUT2D eigenvalue weighted by Crippen LogP contribution is -2.26. The molecule has 1 saturated heterocycles. The predicted octanol–water partition coefficient (Wildman–Crippen LogP) is 0.151. The highest BCUT2D eigenvalue weighted by molar-refractivity contribution is 5.88. The van der Waals surface area contributed by atoms with Gasteiger partial charge in [-0.25, -0.2) is 4.98 Å². The number of nitrogens with two attached hydrogens (primary N) is 1. The van der Waals surface area contributed by atoms with Gasteiger partial charge in [0.1, 0.15) is 5.82 Å². The molecule has 0 saturated carbocycles. The van der Waals surface area contributed by atoms with Crippen LogP contribution in [0.2, 0.25) is 0 Å². The molecule has 3 rings (SSSR count). The van der Waals surface area contributed by atoms with Crippen molar-refractivity contribution in [1.29, 1.82) is 0 Å². The number of aryl methyl sites for hydroxylation is 1. The molecule has 0 radical (unpaired) electrons. The Bertz CT molecular complexity index is 768. The molecule has 1 unspecified atom stereocenters. The number of likely N-dealkylation sites (tertiary alicyclic amines) is 1. The van der Waals surface area contributed by atoms with Gasteiger partial charge >= 0.3 is 0 Å². The third kappa shape index (κ3) is 3.29. The predicted molar refractivity (Wildman–Crippen MR) is 79.4 cm³/mol. The number of nitrogens with one attached hydrogen (secondary N) is 1. The largest absolute Gasteiger partial charge is 0.363 e. The number of aromatic nitrogens is 4. The average Bonchev–Trinajstić information content (AvgIpc) is 3.15. The Morgan fingerprint density at radius 2 is 2.35 bits per heavy atom. The normalized spacial score (nSPS) is 18.4. The van der Waals surface area contributed by atoms with Crippen LogP contribution in [-0.4, -0.2) is 37.5 Å². The number of carbonyl (C=O) groups is 1. The first kappa shape index (κ1) is 15.3. The van der Waals surface area contributed by atoms with E-state index in [1.54, 1.807) is 0 Å². The summed E-state index contributed by atoms with van der Waals surface area (Å²) in [5.41, 5.74) is 5.75. The van der Waals surface area contributed by atoms with E-state index < -0.39 is 5.91 Å². The zero-order valence-corrected chi connectivity index (χ0v) is 12.8. The fraction of sp³-hybridized carbons (Fsp3) is 0.500. The van der Waals surface area contributed by atoms with Crippen molar-refractivity contribution >= 4 is 5.91 Å². The number of primary amides is 1. The molecule has 9 nitrogen and oxygen atoms in total.